The molecule has 0 spiro atoms. The summed E-state index contributed by atoms with van der Waals surface area (Å²) < 4.78 is 4.87. The van der Waals surface area contributed by atoms with Crippen molar-refractivity contribution in [3.05, 3.63) is 194 Å². The summed E-state index contributed by atoms with van der Waals surface area (Å²) in [5.74, 6) is 1.79. The third kappa shape index (κ3) is 5.64. The fourth-order valence-corrected chi connectivity index (χ4v) is 9.24. The number of para-hydroxylation sites is 1. The Balaban J connectivity index is 1.19. The summed E-state index contributed by atoms with van der Waals surface area (Å²) in [7, 11) is 0. The topological polar surface area (TPSA) is 67.4 Å². The monoisotopic (exact) mass is 757 g/mol. The number of rotatable bonds is 6. The number of hydrogen-bond acceptors (Lipinski definition) is 5. The molecule has 11 rings (SSSR count). The standard InChI is InChI=1S/C52H31N5S/c53-32-38-17-7-8-18-39(38)37-24-27-46-42(31-37)40-19-9-11-21-45(40)57(46)47-26-23-35(36-25-28-49-43(29-36)41-20-10-12-22-48(41)58-49)30-44(47)52-55-50(33-13-3-1-4-14-33)54-51(56-52)34-15-5-2-6-16-34/h1-31H. The van der Waals surface area contributed by atoms with E-state index >= 15 is 0 Å². The van der Waals surface area contributed by atoms with E-state index < -0.39 is 0 Å². The minimum Gasteiger partial charge on any atom is -0.309 e. The van der Waals surface area contributed by atoms with E-state index in [0.29, 0.717) is 23.0 Å². The van der Waals surface area contributed by atoms with Gasteiger partial charge >= 0.3 is 0 Å². The van der Waals surface area contributed by atoms with Gasteiger partial charge in [0, 0.05) is 47.6 Å². The van der Waals surface area contributed by atoms with Crippen LogP contribution in [-0.2, 0) is 0 Å². The molecule has 0 unspecified atom stereocenters. The van der Waals surface area contributed by atoms with Gasteiger partial charge in [-0.25, -0.2) is 15.0 Å². The van der Waals surface area contributed by atoms with Crippen LogP contribution in [0.4, 0.5) is 0 Å². The molecule has 0 bridgehead atoms. The lowest BCUT2D eigenvalue weighted by Crippen LogP contribution is -2.04. The highest BCUT2D eigenvalue weighted by Gasteiger charge is 2.21. The largest absolute Gasteiger partial charge is 0.309 e. The maximum Gasteiger partial charge on any atom is 0.166 e. The first-order valence-electron chi connectivity index (χ1n) is 19.2. The van der Waals surface area contributed by atoms with Crippen molar-refractivity contribution in [1.29, 1.82) is 5.26 Å². The molecule has 0 saturated heterocycles. The van der Waals surface area contributed by atoms with Gasteiger partial charge in [-0.05, 0) is 76.9 Å². The van der Waals surface area contributed by atoms with Crippen molar-refractivity contribution in [2.75, 3.05) is 0 Å². The first-order chi connectivity index (χ1) is 28.7. The summed E-state index contributed by atoms with van der Waals surface area (Å²) in [5, 5.41) is 14.7. The maximum absolute atomic E-state index is 9.96. The smallest absolute Gasteiger partial charge is 0.166 e. The third-order valence-electron chi connectivity index (χ3n) is 10.9. The highest BCUT2D eigenvalue weighted by molar-refractivity contribution is 7.25. The van der Waals surface area contributed by atoms with Gasteiger partial charge in [0.2, 0.25) is 0 Å². The van der Waals surface area contributed by atoms with E-state index in [1.165, 1.54) is 20.2 Å². The van der Waals surface area contributed by atoms with Crippen molar-refractivity contribution in [3.63, 3.8) is 0 Å². The van der Waals surface area contributed by atoms with Crippen LogP contribution in [0.2, 0.25) is 0 Å². The zero-order valence-electron chi connectivity index (χ0n) is 31.0. The Labute approximate surface area is 338 Å². The minimum absolute atomic E-state index is 0.581. The van der Waals surface area contributed by atoms with Gasteiger partial charge < -0.3 is 4.57 Å². The Morgan fingerprint density at radius 3 is 1.74 bits per heavy atom. The van der Waals surface area contributed by atoms with E-state index in [0.717, 1.165) is 66.4 Å². The number of fused-ring (bicyclic) bond motifs is 6. The number of aromatic nitrogens is 4. The van der Waals surface area contributed by atoms with Crippen molar-refractivity contribution in [3.8, 4) is 68.2 Å². The molecular formula is C52H31N5S. The summed E-state index contributed by atoms with van der Waals surface area (Å²) in [6.07, 6.45) is 0. The molecule has 0 saturated carbocycles. The van der Waals surface area contributed by atoms with E-state index in [1.807, 2.05) is 96.3 Å². The van der Waals surface area contributed by atoms with E-state index in [-0.39, 0.29) is 0 Å². The average Bonchev–Trinajstić information content (AvgIpc) is 3.84. The lowest BCUT2D eigenvalue weighted by atomic mass is 9.98. The Morgan fingerprint density at radius 1 is 0.397 bits per heavy atom. The van der Waals surface area contributed by atoms with Gasteiger partial charge in [-0.15, -0.1) is 11.3 Å². The van der Waals surface area contributed by atoms with Crippen LogP contribution >= 0.6 is 11.3 Å². The molecule has 58 heavy (non-hydrogen) atoms. The van der Waals surface area contributed by atoms with Crippen molar-refractivity contribution < 1.29 is 0 Å². The molecule has 270 valence electrons. The maximum atomic E-state index is 9.96. The molecule has 6 heteroatoms. The zero-order valence-corrected chi connectivity index (χ0v) is 31.9. The highest BCUT2D eigenvalue weighted by atomic mass is 32.1. The van der Waals surface area contributed by atoms with Crippen molar-refractivity contribution in [2.24, 2.45) is 0 Å². The molecule has 0 atom stereocenters. The Morgan fingerprint density at radius 2 is 0.966 bits per heavy atom. The number of nitriles is 1. The molecule has 0 aliphatic heterocycles. The molecule has 0 N–H and O–H groups in total. The van der Waals surface area contributed by atoms with Crippen LogP contribution in [-0.4, -0.2) is 19.5 Å². The van der Waals surface area contributed by atoms with Gasteiger partial charge in [0.25, 0.3) is 0 Å². The Bertz CT molecular complexity index is 3360. The highest BCUT2D eigenvalue weighted by Crippen LogP contribution is 2.41. The van der Waals surface area contributed by atoms with Crippen LogP contribution in [0.3, 0.4) is 0 Å². The molecule has 0 fully saturated rings. The van der Waals surface area contributed by atoms with Crippen molar-refractivity contribution in [1.82, 2.24) is 19.5 Å². The first-order valence-corrected chi connectivity index (χ1v) is 20.0. The molecule has 8 aromatic carbocycles. The van der Waals surface area contributed by atoms with Crippen molar-refractivity contribution >= 4 is 53.3 Å². The molecule has 0 aliphatic carbocycles. The van der Waals surface area contributed by atoms with Crippen LogP contribution in [0.1, 0.15) is 5.56 Å². The second-order valence-corrected chi connectivity index (χ2v) is 15.4. The van der Waals surface area contributed by atoms with Gasteiger partial charge in [-0.2, -0.15) is 5.26 Å². The molecule has 5 nitrogen and oxygen atoms in total. The molecule has 3 aromatic heterocycles. The number of nitrogens with zero attached hydrogens (tertiary/aromatic N) is 5. The SMILES string of the molecule is N#Cc1ccccc1-c1ccc2c(c1)c1ccccc1n2-c1ccc(-c2ccc3sc4ccccc4c3c2)cc1-c1nc(-c2ccccc2)nc(-c2ccccc2)n1. The predicted octanol–water partition coefficient (Wildman–Crippen LogP) is 13.5. The summed E-state index contributed by atoms with van der Waals surface area (Å²) in [5.41, 5.74) is 10.5. The van der Waals surface area contributed by atoms with Crippen LogP contribution in [0.15, 0.2) is 188 Å². The molecule has 0 amide bonds. The van der Waals surface area contributed by atoms with Crippen LogP contribution in [0.5, 0.6) is 0 Å². The molecular weight excluding hydrogens is 727 g/mol. The Hall–Kier alpha value is -7.72. The predicted molar refractivity (Wildman–Crippen MR) is 239 cm³/mol. The van der Waals surface area contributed by atoms with E-state index in [9.17, 15) is 5.26 Å². The van der Waals surface area contributed by atoms with Gasteiger partial charge in [0.15, 0.2) is 17.5 Å². The van der Waals surface area contributed by atoms with Gasteiger partial charge in [0.05, 0.1) is 28.4 Å². The fourth-order valence-electron chi connectivity index (χ4n) is 8.16. The summed E-state index contributed by atoms with van der Waals surface area (Å²) in [4.78, 5) is 15.5. The van der Waals surface area contributed by atoms with E-state index in [1.54, 1.807) is 0 Å². The summed E-state index contributed by atoms with van der Waals surface area (Å²) in [6.45, 7) is 0. The van der Waals surface area contributed by atoms with Gasteiger partial charge in [-0.1, -0.05) is 133 Å². The first kappa shape index (κ1) is 33.6. The van der Waals surface area contributed by atoms with Gasteiger partial charge in [0.1, 0.15) is 0 Å². The third-order valence-corrected chi connectivity index (χ3v) is 12.1. The number of benzene rings is 8. The van der Waals surface area contributed by atoms with Crippen LogP contribution in [0.25, 0.3) is 104 Å². The van der Waals surface area contributed by atoms with Crippen LogP contribution < -0.4 is 0 Å². The van der Waals surface area contributed by atoms with Gasteiger partial charge in [-0.3, -0.25) is 0 Å². The second kappa shape index (κ2) is 13.8. The molecule has 3 heterocycles. The Kier molecular flexibility index (Phi) is 7.99. The fraction of sp³-hybridized carbons (Fsp3) is 0. The lowest BCUT2D eigenvalue weighted by molar-refractivity contribution is 1.06. The second-order valence-electron chi connectivity index (χ2n) is 14.3. The summed E-state index contributed by atoms with van der Waals surface area (Å²) in [6, 6.07) is 67.4. The average molecular weight is 758 g/mol. The molecule has 0 radical (unpaired) electrons. The number of thiophene rings is 1. The molecule has 11 aromatic rings. The normalized spacial score (nSPS) is 11.4. The van der Waals surface area contributed by atoms with E-state index in [2.05, 4.69) is 114 Å². The number of hydrogen-bond donors (Lipinski definition) is 0. The van der Waals surface area contributed by atoms with E-state index in [4.69, 9.17) is 15.0 Å². The quantitative estimate of drug-likeness (QED) is 0.169. The lowest BCUT2D eigenvalue weighted by Gasteiger charge is -2.16. The van der Waals surface area contributed by atoms with Crippen molar-refractivity contribution in [2.45, 2.75) is 0 Å². The molecule has 0 aliphatic rings. The summed E-state index contributed by atoms with van der Waals surface area (Å²) >= 11 is 1.82. The zero-order chi connectivity index (χ0) is 38.6. The van der Waals surface area contributed by atoms with Crippen LogP contribution in [0, 0.1) is 11.3 Å². The minimum atomic E-state index is 0.581.